The number of piperidine rings is 1. The van der Waals surface area contributed by atoms with E-state index in [0.717, 1.165) is 36.8 Å². The van der Waals surface area contributed by atoms with Gasteiger partial charge in [0.15, 0.2) is 0 Å². The summed E-state index contributed by atoms with van der Waals surface area (Å²) in [5, 5.41) is 0. The quantitative estimate of drug-likeness (QED) is 0.647. The average molecular weight is 453 g/mol. The number of ether oxygens (including phenoxy) is 2. The molecule has 1 aliphatic heterocycles. The highest BCUT2D eigenvalue weighted by atomic mass is 16.6. The second-order valence-corrected chi connectivity index (χ2v) is 10.6. The number of nitrogens with zero attached hydrogens (tertiary/aromatic N) is 2. The number of hydrogen-bond acceptors (Lipinski definition) is 4. The van der Waals surface area contributed by atoms with Crippen molar-refractivity contribution in [2.45, 2.75) is 70.6 Å². The molecule has 1 saturated heterocycles. The largest absolute Gasteiger partial charge is 0.444 e. The van der Waals surface area contributed by atoms with Gasteiger partial charge >= 0.3 is 6.09 Å². The van der Waals surface area contributed by atoms with Crippen molar-refractivity contribution in [3.05, 3.63) is 59.0 Å². The first-order valence-corrected chi connectivity index (χ1v) is 12.0. The number of carbonyl (C=O) groups is 1. The molecule has 1 atom stereocenters. The summed E-state index contributed by atoms with van der Waals surface area (Å²) in [6, 6.07) is 13.6. The highest BCUT2D eigenvalue weighted by Crippen LogP contribution is 2.53. The molecule has 0 unspecified atom stereocenters. The first kappa shape index (κ1) is 23.6. The van der Waals surface area contributed by atoms with Gasteiger partial charge in [-0.05, 0) is 57.2 Å². The van der Waals surface area contributed by atoms with Crippen LogP contribution in [-0.4, -0.2) is 47.0 Å². The monoisotopic (exact) mass is 452 g/mol. The normalized spacial score (nSPS) is 22.5. The van der Waals surface area contributed by atoms with Crippen molar-refractivity contribution < 1.29 is 14.3 Å². The zero-order valence-corrected chi connectivity index (χ0v) is 20.3. The molecule has 1 saturated carbocycles. The lowest BCUT2D eigenvalue weighted by Crippen LogP contribution is -2.63. The summed E-state index contributed by atoms with van der Waals surface area (Å²) in [5.74, 6) is 0. The SMILES string of the molecule is CO[C@@]1(Cn2ccc(-c3ccccc3)cc2=O)CCN(C(=O)OC(C)(C)C)CC12CCCC2. The van der Waals surface area contributed by atoms with Gasteiger partial charge in [0.1, 0.15) is 5.60 Å². The molecular formula is C27H36N2O4. The molecule has 33 heavy (non-hydrogen) atoms. The minimum atomic E-state index is -0.524. The van der Waals surface area contributed by atoms with E-state index in [4.69, 9.17) is 9.47 Å². The van der Waals surface area contributed by atoms with Crippen LogP contribution < -0.4 is 5.56 Å². The fourth-order valence-corrected chi connectivity index (χ4v) is 5.67. The van der Waals surface area contributed by atoms with Gasteiger partial charge in [-0.3, -0.25) is 4.79 Å². The number of pyridine rings is 1. The third-order valence-electron chi connectivity index (χ3n) is 7.38. The van der Waals surface area contributed by atoms with Gasteiger partial charge in [-0.1, -0.05) is 43.2 Å². The molecule has 2 heterocycles. The zero-order valence-electron chi connectivity index (χ0n) is 20.3. The molecule has 2 aromatic rings. The van der Waals surface area contributed by atoms with E-state index in [-0.39, 0.29) is 17.1 Å². The average Bonchev–Trinajstić information content (AvgIpc) is 3.25. The van der Waals surface area contributed by atoms with E-state index in [2.05, 4.69) is 0 Å². The first-order valence-electron chi connectivity index (χ1n) is 12.0. The molecule has 6 nitrogen and oxygen atoms in total. The van der Waals surface area contributed by atoms with Crippen LogP contribution in [0, 0.1) is 5.41 Å². The van der Waals surface area contributed by atoms with Crippen LogP contribution in [0.5, 0.6) is 0 Å². The number of hydrogen-bond donors (Lipinski definition) is 0. The van der Waals surface area contributed by atoms with Crippen molar-refractivity contribution in [2.24, 2.45) is 5.41 Å². The Morgan fingerprint density at radius 1 is 1.03 bits per heavy atom. The Morgan fingerprint density at radius 2 is 1.73 bits per heavy atom. The maximum Gasteiger partial charge on any atom is 0.410 e. The number of carbonyl (C=O) groups excluding carboxylic acids is 1. The van der Waals surface area contributed by atoms with E-state index >= 15 is 0 Å². The summed E-state index contributed by atoms with van der Waals surface area (Å²) in [7, 11) is 1.76. The van der Waals surface area contributed by atoms with Crippen molar-refractivity contribution in [3.63, 3.8) is 0 Å². The van der Waals surface area contributed by atoms with Crippen molar-refractivity contribution in [3.8, 4) is 11.1 Å². The fraction of sp³-hybridized carbons (Fsp3) is 0.556. The Kier molecular flexibility index (Phi) is 6.41. The topological polar surface area (TPSA) is 60.8 Å². The maximum atomic E-state index is 13.1. The smallest absolute Gasteiger partial charge is 0.410 e. The molecule has 6 heteroatoms. The molecule has 0 N–H and O–H groups in total. The van der Waals surface area contributed by atoms with Gasteiger partial charge < -0.3 is 18.9 Å². The summed E-state index contributed by atoms with van der Waals surface area (Å²) in [4.78, 5) is 27.8. The lowest BCUT2D eigenvalue weighted by atomic mass is 9.65. The Bertz CT molecular complexity index is 1030. The predicted molar refractivity (Wildman–Crippen MR) is 129 cm³/mol. The third kappa shape index (κ3) is 4.72. The number of likely N-dealkylation sites (tertiary alicyclic amines) is 1. The molecule has 4 rings (SSSR count). The fourth-order valence-electron chi connectivity index (χ4n) is 5.67. The molecule has 178 valence electrons. The summed E-state index contributed by atoms with van der Waals surface area (Å²) in [6.07, 6.45) is 6.48. The van der Waals surface area contributed by atoms with Gasteiger partial charge in [0.25, 0.3) is 5.56 Å². The number of amides is 1. The van der Waals surface area contributed by atoms with Gasteiger partial charge in [0, 0.05) is 37.9 Å². The third-order valence-corrected chi connectivity index (χ3v) is 7.38. The molecule has 1 aromatic carbocycles. The molecule has 1 aromatic heterocycles. The number of benzene rings is 1. The van der Waals surface area contributed by atoms with E-state index in [1.807, 2.05) is 68.3 Å². The first-order chi connectivity index (χ1) is 15.7. The van der Waals surface area contributed by atoms with Gasteiger partial charge in [0.2, 0.25) is 0 Å². The van der Waals surface area contributed by atoms with E-state index in [0.29, 0.717) is 26.1 Å². The van der Waals surface area contributed by atoms with Gasteiger partial charge in [-0.15, -0.1) is 0 Å². The van der Waals surface area contributed by atoms with Crippen LogP contribution in [0.1, 0.15) is 52.9 Å². The van der Waals surface area contributed by atoms with Crippen molar-refractivity contribution in [1.82, 2.24) is 9.47 Å². The summed E-state index contributed by atoms with van der Waals surface area (Å²) in [6.45, 7) is 7.33. The van der Waals surface area contributed by atoms with E-state index in [9.17, 15) is 9.59 Å². The Balaban J connectivity index is 1.61. The summed E-state index contributed by atoms with van der Waals surface area (Å²) in [5.41, 5.74) is 0.702. The summed E-state index contributed by atoms with van der Waals surface area (Å²) >= 11 is 0. The van der Waals surface area contributed by atoms with Crippen molar-refractivity contribution in [2.75, 3.05) is 20.2 Å². The number of methoxy groups -OCH3 is 1. The number of rotatable bonds is 4. The minimum absolute atomic E-state index is 0.0319. The van der Waals surface area contributed by atoms with E-state index in [1.165, 1.54) is 0 Å². The zero-order chi connectivity index (χ0) is 23.7. The van der Waals surface area contributed by atoms with Crippen LogP contribution in [0.25, 0.3) is 11.1 Å². The second kappa shape index (κ2) is 8.98. The van der Waals surface area contributed by atoms with E-state index < -0.39 is 11.2 Å². The van der Waals surface area contributed by atoms with Crippen LogP contribution in [-0.2, 0) is 16.0 Å². The molecule has 1 amide bonds. The second-order valence-electron chi connectivity index (χ2n) is 10.6. The number of aromatic nitrogens is 1. The van der Waals surface area contributed by atoms with Crippen LogP contribution in [0.3, 0.4) is 0 Å². The Labute approximate surface area is 196 Å². The predicted octanol–water partition coefficient (Wildman–Crippen LogP) is 5.10. The highest BCUT2D eigenvalue weighted by molar-refractivity contribution is 5.68. The molecule has 0 radical (unpaired) electrons. The standard InChI is InChI=1S/C27H36N2O4/c1-25(2,3)33-24(31)29-17-15-27(32-4,26(19-29)13-8-9-14-26)20-28-16-12-22(18-23(28)30)21-10-6-5-7-11-21/h5-7,10-12,16,18H,8-9,13-15,17,19-20H2,1-4H3/t27-/m1/s1. The lowest BCUT2D eigenvalue weighted by Gasteiger charge is -2.54. The molecule has 0 bridgehead atoms. The Hall–Kier alpha value is -2.60. The van der Waals surface area contributed by atoms with Crippen LogP contribution >= 0.6 is 0 Å². The van der Waals surface area contributed by atoms with Crippen LogP contribution in [0.15, 0.2) is 53.5 Å². The lowest BCUT2D eigenvalue weighted by molar-refractivity contribution is -0.161. The molecule has 2 aliphatic rings. The van der Waals surface area contributed by atoms with Gasteiger partial charge in [0.05, 0.1) is 12.1 Å². The summed E-state index contributed by atoms with van der Waals surface area (Å²) < 4.78 is 13.7. The van der Waals surface area contributed by atoms with Gasteiger partial charge in [-0.2, -0.15) is 0 Å². The molecule has 1 spiro atoms. The Morgan fingerprint density at radius 3 is 2.33 bits per heavy atom. The highest BCUT2D eigenvalue weighted by Gasteiger charge is 2.57. The molecule has 1 aliphatic carbocycles. The van der Waals surface area contributed by atoms with Crippen molar-refractivity contribution >= 4 is 6.09 Å². The van der Waals surface area contributed by atoms with E-state index in [1.54, 1.807) is 17.7 Å². The van der Waals surface area contributed by atoms with Crippen molar-refractivity contribution in [1.29, 1.82) is 0 Å². The van der Waals surface area contributed by atoms with Gasteiger partial charge in [-0.25, -0.2) is 4.79 Å². The molecular weight excluding hydrogens is 416 g/mol. The van der Waals surface area contributed by atoms with Crippen LogP contribution in [0.2, 0.25) is 0 Å². The maximum absolute atomic E-state index is 13.1. The minimum Gasteiger partial charge on any atom is -0.444 e. The molecule has 2 fully saturated rings. The van der Waals surface area contributed by atoms with Crippen LogP contribution in [0.4, 0.5) is 4.79 Å².